The van der Waals surface area contributed by atoms with E-state index >= 15 is 0 Å². The van der Waals surface area contributed by atoms with Gasteiger partial charge in [0.05, 0.1) is 5.69 Å². The predicted octanol–water partition coefficient (Wildman–Crippen LogP) is 1.96. The van der Waals surface area contributed by atoms with E-state index in [1.807, 2.05) is 45.0 Å². The number of hydrogen-bond acceptors (Lipinski definition) is 3. The molecule has 0 fully saturated rings. The van der Waals surface area contributed by atoms with Gasteiger partial charge in [-0.05, 0) is 12.1 Å². The molecule has 21 heavy (non-hydrogen) atoms. The quantitative estimate of drug-likeness (QED) is 0.926. The molecule has 5 heteroatoms. The number of carbonyl (C=O) groups is 2. The third-order valence-electron chi connectivity index (χ3n) is 3.48. The van der Waals surface area contributed by atoms with Crippen molar-refractivity contribution in [3.05, 3.63) is 24.3 Å². The molecule has 0 bridgehead atoms. The third-order valence-corrected chi connectivity index (χ3v) is 3.48. The van der Waals surface area contributed by atoms with Crippen molar-refractivity contribution in [2.24, 2.45) is 5.41 Å². The monoisotopic (exact) mass is 290 g/mol. The van der Waals surface area contributed by atoms with Gasteiger partial charge in [-0.15, -0.1) is 0 Å². The number of fused-ring (bicyclic) bond motifs is 1. The molecular formula is C16H22N2O3. The Morgan fingerprint density at radius 3 is 2.67 bits per heavy atom. The van der Waals surface area contributed by atoms with Crippen molar-refractivity contribution >= 4 is 17.5 Å². The molecule has 1 unspecified atom stereocenters. The Labute approximate surface area is 125 Å². The van der Waals surface area contributed by atoms with Crippen LogP contribution in [-0.4, -0.2) is 31.5 Å². The predicted molar refractivity (Wildman–Crippen MR) is 81.3 cm³/mol. The van der Waals surface area contributed by atoms with E-state index in [1.165, 1.54) is 0 Å². The zero-order valence-corrected chi connectivity index (χ0v) is 13.0. The highest BCUT2D eigenvalue weighted by molar-refractivity contribution is 5.99. The molecule has 1 heterocycles. The van der Waals surface area contributed by atoms with Crippen LogP contribution in [0, 0.1) is 5.41 Å². The molecule has 1 aromatic rings. The highest BCUT2D eigenvalue weighted by Crippen LogP contribution is 2.33. The van der Waals surface area contributed by atoms with Crippen LogP contribution < -0.4 is 15.0 Å². The highest BCUT2D eigenvalue weighted by atomic mass is 16.5. The summed E-state index contributed by atoms with van der Waals surface area (Å²) in [6.45, 7) is 5.99. The summed E-state index contributed by atoms with van der Waals surface area (Å²) in [6, 6.07) is 7.45. The Morgan fingerprint density at radius 2 is 2.00 bits per heavy atom. The second-order valence-corrected chi connectivity index (χ2v) is 6.27. The molecule has 1 N–H and O–H groups in total. The topological polar surface area (TPSA) is 58.6 Å². The summed E-state index contributed by atoms with van der Waals surface area (Å²) < 4.78 is 5.74. The molecule has 1 aliphatic rings. The fourth-order valence-electron chi connectivity index (χ4n) is 2.14. The van der Waals surface area contributed by atoms with E-state index in [2.05, 4.69) is 5.32 Å². The molecule has 1 aliphatic heterocycles. The largest absolute Gasteiger partial charge is 0.478 e. The van der Waals surface area contributed by atoms with E-state index < -0.39 is 11.5 Å². The van der Waals surface area contributed by atoms with Gasteiger partial charge in [-0.1, -0.05) is 32.9 Å². The molecule has 1 aromatic carbocycles. The molecule has 2 rings (SSSR count). The number of nitrogens with zero attached hydrogens (tertiary/aromatic N) is 1. The van der Waals surface area contributed by atoms with Crippen molar-refractivity contribution in [1.82, 2.24) is 5.32 Å². The third kappa shape index (κ3) is 3.35. The number of nitrogens with one attached hydrogen (secondary N) is 1. The van der Waals surface area contributed by atoms with Gasteiger partial charge in [-0.2, -0.15) is 0 Å². The summed E-state index contributed by atoms with van der Waals surface area (Å²) in [7, 11) is 1.74. The fourth-order valence-corrected chi connectivity index (χ4v) is 2.14. The number of amides is 2. The van der Waals surface area contributed by atoms with Crippen LogP contribution in [0.3, 0.4) is 0 Å². The lowest BCUT2D eigenvalue weighted by atomic mass is 9.95. The van der Waals surface area contributed by atoms with Gasteiger partial charge in [0, 0.05) is 25.4 Å². The first-order valence-electron chi connectivity index (χ1n) is 7.12. The van der Waals surface area contributed by atoms with E-state index in [0.29, 0.717) is 18.7 Å². The lowest BCUT2D eigenvalue weighted by Crippen LogP contribution is -2.46. The first-order chi connectivity index (χ1) is 9.80. The number of rotatable bonds is 3. The standard InChI is InChI=1S/C16H22N2O3/c1-16(2,3)15(20)17-10-9-13-14(19)18(4)11-7-5-6-8-12(11)21-13/h5-8,13H,9-10H2,1-4H3,(H,17,20). The maximum Gasteiger partial charge on any atom is 0.267 e. The van der Waals surface area contributed by atoms with Crippen LogP contribution >= 0.6 is 0 Å². The molecule has 0 saturated carbocycles. The van der Waals surface area contributed by atoms with Crippen LogP contribution in [0.15, 0.2) is 24.3 Å². The number of benzene rings is 1. The van der Waals surface area contributed by atoms with Gasteiger partial charge in [0.15, 0.2) is 6.10 Å². The molecule has 5 nitrogen and oxygen atoms in total. The van der Waals surface area contributed by atoms with Gasteiger partial charge in [0.2, 0.25) is 5.91 Å². The molecule has 0 aliphatic carbocycles. The Morgan fingerprint density at radius 1 is 1.33 bits per heavy atom. The normalized spacial score (nSPS) is 18.0. The van der Waals surface area contributed by atoms with Crippen LogP contribution in [0.5, 0.6) is 5.75 Å². The summed E-state index contributed by atoms with van der Waals surface area (Å²) in [5.74, 6) is 0.588. The second kappa shape index (κ2) is 5.76. The van der Waals surface area contributed by atoms with E-state index in [-0.39, 0.29) is 11.8 Å². The maximum atomic E-state index is 12.2. The smallest absolute Gasteiger partial charge is 0.267 e. The number of carbonyl (C=O) groups excluding carboxylic acids is 2. The van der Waals surface area contributed by atoms with Gasteiger partial charge in [-0.3, -0.25) is 9.59 Å². The van der Waals surface area contributed by atoms with Crippen LogP contribution in [0.25, 0.3) is 0 Å². The molecule has 0 spiro atoms. The van der Waals surface area contributed by atoms with Crippen molar-refractivity contribution in [3.8, 4) is 5.75 Å². The highest BCUT2D eigenvalue weighted by Gasteiger charge is 2.32. The van der Waals surface area contributed by atoms with E-state index in [9.17, 15) is 9.59 Å². The summed E-state index contributed by atoms with van der Waals surface area (Å²) in [5.41, 5.74) is 0.346. The fraction of sp³-hybridized carbons (Fsp3) is 0.500. The van der Waals surface area contributed by atoms with E-state index in [4.69, 9.17) is 4.74 Å². The average molecular weight is 290 g/mol. The first-order valence-corrected chi connectivity index (χ1v) is 7.12. The lowest BCUT2D eigenvalue weighted by Gasteiger charge is -2.32. The Bertz CT molecular complexity index is 549. The Hall–Kier alpha value is -2.04. The second-order valence-electron chi connectivity index (χ2n) is 6.27. The maximum absolute atomic E-state index is 12.2. The minimum absolute atomic E-state index is 0.0282. The summed E-state index contributed by atoms with van der Waals surface area (Å²) in [5, 5.41) is 2.84. The lowest BCUT2D eigenvalue weighted by molar-refractivity contribution is -0.130. The Balaban J connectivity index is 1.97. The minimum Gasteiger partial charge on any atom is -0.478 e. The van der Waals surface area contributed by atoms with E-state index in [0.717, 1.165) is 5.69 Å². The van der Waals surface area contributed by atoms with E-state index in [1.54, 1.807) is 11.9 Å². The summed E-state index contributed by atoms with van der Waals surface area (Å²) in [4.78, 5) is 25.7. The number of para-hydroxylation sites is 2. The van der Waals surface area contributed by atoms with Crippen LogP contribution in [0.2, 0.25) is 0 Å². The molecule has 114 valence electrons. The Kier molecular flexibility index (Phi) is 4.21. The molecular weight excluding hydrogens is 268 g/mol. The molecule has 1 atom stereocenters. The summed E-state index contributed by atoms with van der Waals surface area (Å²) in [6.07, 6.45) is -0.0931. The van der Waals surface area contributed by atoms with Crippen molar-refractivity contribution in [1.29, 1.82) is 0 Å². The minimum atomic E-state index is -0.551. The van der Waals surface area contributed by atoms with Gasteiger partial charge < -0.3 is 15.0 Å². The zero-order valence-electron chi connectivity index (χ0n) is 13.0. The molecule has 2 amide bonds. The number of likely N-dealkylation sites (N-methyl/N-ethyl adjacent to an activating group) is 1. The van der Waals surface area contributed by atoms with Crippen molar-refractivity contribution in [2.45, 2.75) is 33.3 Å². The molecule has 0 saturated heterocycles. The van der Waals surface area contributed by atoms with Crippen LogP contribution in [-0.2, 0) is 9.59 Å². The zero-order chi connectivity index (χ0) is 15.6. The molecule has 0 radical (unpaired) electrons. The van der Waals surface area contributed by atoms with Crippen molar-refractivity contribution < 1.29 is 14.3 Å². The van der Waals surface area contributed by atoms with Gasteiger partial charge in [-0.25, -0.2) is 0 Å². The average Bonchev–Trinajstić information content (AvgIpc) is 2.43. The van der Waals surface area contributed by atoms with Gasteiger partial charge in [0.25, 0.3) is 5.91 Å². The van der Waals surface area contributed by atoms with Gasteiger partial charge in [0.1, 0.15) is 5.75 Å². The number of anilines is 1. The SMILES string of the molecule is CN1C(=O)C(CCNC(=O)C(C)(C)C)Oc2ccccc21. The van der Waals surface area contributed by atoms with Gasteiger partial charge >= 0.3 is 0 Å². The summed E-state index contributed by atoms with van der Waals surface area (Å²) >= 11 is 0. The van der Waals surface area contributed by atoms with Crippen molar-refractivity contribution in [2.75, 3.05) is 18.5 Å². The number of hydrogen-bond donors (Lipinski definition) is 1. The van der Waals surface area contributed by atoms with Crippen LogP contribution in [0.4, 0.5) is 5.69 Å². The van der Waals surface area contributed by atoms with Crippen molar-refractivity contribution in [3.63, 3.8) is 0 Å². The molecule has 0 aromatic heterocycles. The first kappa shape index (κ1) is 15.4. The van der Waals surface area contributed by atoms with Crippen LogP contribution in [0.1, 0.15) is 27.2 Å². The number of ether oxygens (including phenoxy) is 1.